The predicted octanol–water partition coefficient (Wildman–Crippen LogP) is 2.31. The highest BCUT2D eigenvalue weighted by Crippen LogP contribution is 2.14. The van der Waals surface area contributed by atoms with Gasteiger partial charge in [0, 0.05) is 52.7 Å². The van der Waals surface area contributed by atoms with Gasteiger partial charge in [-0.15, -0.1) is 0 Å². The van der Waals surface area contributed by atoms with Crippen LogP contribution in [0.4, 0.5) is 0 Å². The van der Waals surface area contributed by atoms with Crippen LogP contribution in [0.15, 0.2) is 52.1 Å². The summed E-state index contributed by atoms with van der Waals surface area (Å²) in [5.74, 6) is 3.03. The Bertz CT molecular complexity index is 956. The van der Waals surface area contributed by atoms with Gasteiger partial charge in [0.15, 0.2) is 11.7 Å². The molecule has 0 aliphatic carbocycles. The van der Waals surface area contributed by atoms with E-state index in [0.717, 1.165) is 57.5 Å². The first-order valence-electron chi connectivity index (χ1n) is 10.4. The third kappa shape index (κ3) is 5.07. The third-order valence-electron chi connectivity index (χ3n) is 5.29. The first-order chi connectivity index (χ1) is 14.7. The van der Waals surface area contributed by atoms with E-state index in [-0.39, 0.29) is 0 Å². The van der Waals surface area contributed by atoms with Crippen LogP contribution in [0.2, 0.25) is 0 Å². The molecule has 0 saturated carbocycles. The largest absolute Gasteiger partial charge is 0.461 e. The van der Waals surface area contributed by atoms with Crippen molar-refractivity contribution in [2.75, 3.05) is 39.8 Å². The van der Waals surface area contributed by atoms with Gasteiger partial charge in [0.05, 0.1) is 6.26 Å². The number of nitrogens with one attached hydrogen (secondary N) is 2. The van der Waals surface area contributed by atoms with Gasteiger partial charge in [0.2, 0.25) is 5.82 Å². The molecule has 1 aliphatic rings. The lowest BCUT2D eigenvalue weighted by atomic mass is 10.1. The van der Waals surface area contributed by atoms with E-state index in [9.17, 15) is 0 Å². The molecule has 1 aliphatic heterocycles. The van der Waals surface area contributed by atoms with Crippen LogP contribution in [0.5, 0.6) is 0 Å². The predicted molar refractivity (Wildman–Crippen MR) is 117 cm³/mol. The van der Waals surface area contributed by atoms with E-state index in [1.165, 1.54) is 11.1 Å². The van der Waals surface area contributed by atoms with Gasteiger partial charge in [-0.25, -0.2) is 4.98 Å². The number of aliphatic imine (C=N–C) groups is 1. The molecule has 2 aromatic heterocycles. The van der Waals surface area contributed by atoms with Gasteiger partial charge >= 0.3 is 0 Å². The summed E-state index contributed by atoms with van der Waals surface area (Å²) in [6, 6.07) is 12.4. The average Bonchev–Trinajstić information content (AvgIpc) is 3.44. The topological polar surface area (TPSA) is 85.6 Å². The number of H-pyrrole nitrogens is 1. The zero-order chi connectivity index (χ0) is 20.8. The molecule has 0 radical (unpaired) electrons. The van der Waals surface area contributed by atoms with Gasteiger partial charge in [-0.3, -0.25) is 15.0 Å². The molecular weight excluding hydrogens is 378 g/mol. The Kier molecular flexibility index (Phi) is 6.44. The second-order valence-electron chi connectivity index (χ2n) is 7.56. The number of hydrogen-bond acceptors (Lipinski definition) is 5. The fourth-order valence-corrected chi connectivity index (χ4v) is 3.73. The van der Waals surface area contributed by atoms with Crippen molar-refractivity contribution in [3.05, 3.63) is 59.6 Å². The van der Waals surface area contributed by atoms with Crippen LogP contribution < -0.4 is 5.32 Å². The van der Waals surface area contributed by atoms with Crippen LogP contribution >= 0.6 is 0 Å². The number of furan rings is 1. The van der Waals surface area contributed by atoms with Crippen LogP contribution in [0.1, 0.15) is 17.0 Å². The number of guanidine groups is 1. The van der Waals surface area contributed by atoms with Crippen LogP contribution in [0.3, 0.4) is 0 Å². The summed E-state index contributed by atoms with van der Waals surface area (Å²) < 4.78 is 5.33. The van der Waals surface area contributed by atoms with Crippen molar-refractivity contribution in [1.82, 2.24) is 30.3 Å². The second kappa shape index (κ2) is 9.58. The van der Waals surface area contributed by atoms with Gasteiger partial charge in [0.25, 0.3) is 0 Å². The Labute approximate surface area is 177 Å². The lowest BCUT2D eigenvalue weighted by Gasteiger charge is -2.36. The fourth-order valence-electron chi connectivity index (χ4n) is 3.73. The Morgan fingerprint density at radius 3 is 2.80 bits per heavy atom. The molecule has 0 bridgehead atoms. The highest BCUT2D eigenvalue weighted by atomic mass is 16.3. The zero-order valence-corrected chi connectivity index (χ0v) is 17.6. The van der Waals surface area contributed by atoms with Gasteiger partial charge < -0.3 is 14.6 Å². The smallest absolute Gasteiger partial charge is 0.216 e. The number of piperazine rings is 1. The van der Waals surface area contributed by atoms with Crippen LogP contribution in [0, 0.1) is 6.92 Å². The van der Waals surface area contributed by atoms with Gasteiger partial charge in [0.1, 0.15) is 5.82 Å². The van der Waals surface area contributed by atoms with Crippen molar-refractivity contribution in [3.8, 4) is 11.6 Å². The molecule has 0 amide bonds. The number of hydrogen-bond donors (Lipinski definition) is 2. The molecule has 30 heavy (non-hydrogen) atoms. The molecule has 158 valence electrons. The Morgan fingerprint density at radius 1 is 1.20 bits per heavy atom. The molecule has 0 unspecified atom stereocenters. The maximum absolute atomic E-state index is 5.33. The van der Waals surface area contributed by atoms with E-state index in [2.05, 4.69) is 66.5 Å². The number of aryl methyl sites for hydroxylation is 1. The van der Waals surface area contributed by atoms with Crippen LogP contribution in [-0.4, -0.2) is 70.7 Å². The van der Waals surface area contributed by atoms with E-state index in [4.69, 9.17) is 4.42 Å². The van der Waals surface area contributed by atoms with Crippen molar-refractivity contribution >= 4 is 5.96 Å². The standard InChI is InChI=1S/C22H29N7O/c1-17-5-3-6-18(15-17)16-28-10-12-29(13-11-28)22(23-2)24-9-8-20-25-21(27-26-20)19-7-4-14-30-19/h3-7,14-15H,8-13,16H2,1-2H3,(H,23,24)(H,25,26,27). The van der Waals surface area contributed by atoms with Gasteiger partial charge in [-0.05, 0) is 24.6 Å². The van der Waals surface area contributed by atoms with E-state index in [1.54, 1.807) is 6.26 Å². The highest BCUT2D eigenvalue weighted by Gasteiger charge is 2.19. The lowest BCUT2D eigenvalue weighted by molar-refractivity contribution is 0.172. The molecular formula is C22H29N7O. The number of aromatic amines is 1. The summed E-state index contributed by atoms with van der Waals surface area (Å²) in [7, 11) is 1.84. The fraction of sp³-hybridized carbons (Fsp3) is 0.409. The lowest BCUT2D eigenvalue weighted by Crippen LogP contribution is -2.52. The summed E-state index contributed by atoms with van der Waals surface area (Å²) in [6.45, 7) is 7.89. The molecule has 3 heterocycles. The molecule has 0 atom stereocenters. The van der Waals surface area contributed by atoms with Crippen LogP contribution in [0.25, 0.3) is 11.6 Å². The van der Waals surface area contributed by atoms with Crippen LogP contribution in [-0.2, 0) is 13.0 Å². The van der Waals surface area contributed by atoms with Crippen molar-refractivity contribution in [2.24, 2.45) is 4.99 Å². The maximum Gasteiger partial charge on any atom is 0.216 e. The minimum absolute atomic E-state index is 0.587. The van der Waals surface area contributed by atoms with Gasteiger partial charge in [-0.1, -0.05) is 29.8 Å². The molecule has 3 aromatic rings. The summed E-state index contributed by atoms with van der Waals surface area (Å²) in [5, 5.41) is 10.6. The SMILES string of the molecule is CN=C(NCCc1nc(-c2ccco2)n[nH]1)N1CCN(Cc2cccc(C)c2)CC1. The quantitative estimate of drug-likeness (QED) is 0.482. The number of rotatable bonds is 6. The summed E-state index contributed by atoms with van der Waals surface area (Å²) in [4.78, 5) is 13.8. The second-order valence-corrected chi connectivity index (χ2v) is 7.56. The number of nitrogens with zero attached hydrogens (tertiary/aromatic N) is 5. The summed E-state index contributed by atoms with van der Waals surface area (Å²) in [5.41, 5.74) is 2.70. The maximum atomic E-state index is 5.33. The van der Waals surface area contributed by atoms with E-state index < -0.39 is 0 Å². The van der Waals surface area contributed by atoms with E-state index in [0.29, 0.717) is 11.6 Å². The Hall–Kier alpha value is -3.13. The van der Waals surface area contributed by atoms with Crippen molar-refractivity contribution in [1.29, 1.82) is 0 Å². The monoisotopic (exact) mass is 407 g/mol. The zero-order valence-electron chi connectivity index (χ0n) is 17.6. The summed E-state index contributed by atoms with van der Waals surface area (Å²) >= 11 is 0. The van der Waals surface area contributed by atoms with E-state index >= 15 is 0 Å². The third-order valence-corrected chi connectivity index (χ3v) is 5.29. The minimum atomic E-state index is 0.587. The van der Waals surface area contributed by atoms with Crippen molar-refractivity contribution in [3.63, 3.8) is 0 Å². The Balaban J connectivity index is 1.22. The normalized spacial score (nSPS) is 15.5. The van der Waals surface area contributed by atoms with Gasteiger partial charge in [-0.2, -0.15) is 5.10 Å². The van der Waals surface area contributed by atoms with E-state index in [1.807, 2.05) is 19.2 Å². The molecule has 4 rings (SSSR count). The van der Waals surface area contributed by atoms with Crippen molar-refractivity contribution in [2.45, 2.75) is 19.9 Å². The molecule has 2 N–H and O–H groups in total. The molecule has 8 nitrogen and oxygen atoms in total. The average molecular weight is 408 g/mol. The minimum Gasteiger partial charge on any atom is -0.461 e. The van der Waals surface area contributed by atoms with Crippen molar-refractivity contribution < 1.29 is 4.42 Å². The first-order valence-corrected chi connectivity index (χ1v) is 10.4. The first kappa shape index (κ1) is 20.2. The Morgan fingerprint density at radius 2 is 2.07 bits per heavy atom. The number of aromatic nitrogens is 3. The number of benzene rings is 1. The molecule has 1 saturated heterocycles. The molecule has 1 fully saturated rings. The molecule has 8 heteroatoms. The summed E-state index contributed by atoms with van der Waals surface area (Å²) in [6.07, 6.45) is 2.36. The molecule has 0 spiro atoms. The molecule has 1 aromatic carbocycles. The highest BCUT2D eigenvalue weighted by molar-refractivity contribution is 5.80.